The highest BCUT2D eigenvalue weighted by Crippen LogP contribution is 2.31. The third-order valence-corrected chi connectivity index (χ3v) is 3.21. The molecule has 0 bridgehead atoms. The number of benzene rings is 1. The molecule has 0 fully saturated rings. The minimum absolute atomic E-state index is 0.211. The Balaban J connectivity index is 2.28. The van der Waals surface area contributed by atoms with Crippen LogP contribution in [0.3, 0.4) is 0 Å². The van der Waals surface area contributed by atoms with E-state index in [0.29, 0.717) is 9.69 Å². The van der Waals surface area contributed by atoms with Crippen LogP contribution < -0.4 is 0 Å². The van der Waals surface area contributed by atoms with E-state index in [1.807, 2.05) is 30.3 Å². The minimum atomic E-state index is -0.211. The van der Waals surface area contributed by atoms with E-state index in [2.05, 4.69) is 15.9 Å². The SMILES string of the molecule is Clc1ccc(C(Cl)c2coc(Br)c2)cc1. The lowest BCUT2D eigenvalue weighted by molar-refractivity contribution is 0.539. The van der Waals surface area contributed by atoms with Gasteiger partial charge in [0.05, 0.1) is 11.6 Å². The maximum absolute atomic E-state index is 6.27. The van der Waals surface area contributed by atoms with Gasteiger partial charge in [0.2, 0.25) is 0 Å². The highest BCUT2D eigenvalue weighted by atomic mass is 79.9. The van der Waals surface area contributed by atoms with E-state index in [0.717, 1.165) is 11.1 Å². The molecule has 0 aliphatic heterocycles. The lowest BCUT2D eigenvalue weighted by Gasteiger charge is -2.06. The summed E-state index contributed by atoms with van der Waals surface area (Å²) in [7, 11) is 0. The van der Waals surface area contributed by atoms with Crippen LogP contribution in [0.5, 0.6) is 0 Å². The summed E-state index contributed by atoms with van der Waals surface area (Å²) in [5.41, 5.74) is 1.92. The third kappa shape index (κ3) is 2.57. The van der Waals surface area contributed by atoms with Crippen molar-refractivity contribution in [3.05, 3.63) is 57.4 Å². The summed E-state index contributed by atoms with van der Waals surface area (Å²) in [6.45, 7) is 0. The van der Waals surface area contributed by atoms with Gasteiger partial charge in [-0.15, -0.1) is 11.6 Å². The summed E-state index contributed by atoms with van der Waals surface area (Å²) in [5, 5.41) is 0.494. The zero-order chi connectivity index (χ0) is 10.8. The van der Waals surface area contributed by atoms with Crippen molar-refractivity contribution in [2.75, 3.05) is 0 Å². The summed E-state index contributed by atoms with van der Waals surface area (Å²) >= 11 is 15.3. The maximum Gasteiger partial charge on any atom is 0.169 e. The van der Waals surface area contributed by atoms with Crippen molar-refractivity contribution in [2.24, 2.45) is 0 Å². The van der Waals surface area contributed by atoms with Gasteiger partial charge in [0.15, 0.2) is 4.67 Å². The van der Waals surface area contributed by atoms with Gasteiger partial charge in [-0.25, -0.2) is 0 Å². The molecule has 0 aliphatic carbocycles. The summed E-state index contributed by atoms with van der Waals surface area (Å²) in [6, 6.07) is 9.30. The topological polar surface area (TPSA) is 13.1 Å². The highest BCUT2D eigenvalue weighted by Gasteiger charge is 2.12. The van der Waals surface area contributed by atoms with Crippen molar-refractivity contribution in [3.63, 3.8) is 0 Å². The van der Waals surface area contributed by atoms with E-state index < -0.39 is 0 Å². The fourth-order valence-corrected chi connectivity index (χ4v) is 2.02. The summed E-state index contributed by atoms with van der Waals surface area (Å²) in [6.07, 6.45) is 1.64. The molecule has 0 N–H and O–H groups in total. The first-order chi connectivity index (χ1) is 7.16. The molecule has 1 atom stereocenters. The fraction of sp³-hybridized carbons (Fsp3) is 0.0909. The zero-order valence-corrected chi connectivity index (χ0v) is 10.7. The fourth-order valence-electron chi connectivity index (χ4n) is 1.28. The minimum Gasteiger partial charge on any atom is -0.457 e. The van der Waals surface area contributed by atoms with Gasteiger partial charge in [-0.3, -0.25) is 0 Å². The average Bonchev–Trinajstić information content (AvgIpc) is 2.65. The van der Waals surface area contributed by atoms with Gasteiger partial charge >= 0.3 is 0 Å². The molecular formula is C11H7BrCl2O. The van der Waals surface area contributed by atoms with Crippen LogP contribution in [0.2, 0.25) is 5.02 Å². The van der Waals surface area contributed by atoms with E-state index in [4.69, 9.17) is 27.6 Å². The van der Waals surface area contributed by atoms with E-state index in [1.165, 1.54) is 0 Å². The predicted octanol–water partition coefficient (Wildman–Crippen LogP) is 5.02. The number of hydrogen-bond donors (Lipinski definition) is 0. The molecule has 0 amide bonds. The van der Waals surface area contributed by atoms with E-state index in [-0.39, 0.29) is 5.38 Å². The normalized spacial score (nSPS) is 12.7. The lowest BCUT2D eigenvalue weighted by Crippen LogP contribution is -1.90. The molecule has 1 nitrogen and oxygen atoms in total. The quantitative estimate of drug-likeness (QED) is 0.710. The molecule has 1 aromatic carbocycles. The van der Waals surface area contributed by atoms with Crippen molar-refractivity contribution < 1.29 is 4.42 Å². The molecule has 15 heavy (non-hydrogen) atoms. The van der Waals surface area contributed by atoms with Gasteiger partial charge in [0.25, 0.3) is 0 Å². The summed E-state index contributed by atoms with van der Waals surface area (Å²) < 4.78 is 5.81. The molecule has 0 spiro atoms. The van der Waals surface area contributed by atoms with Crippen LogP contribution in [0.1, 0.15) is 16.5 Å². The van der Waals surface area contributed by atoms with Gasteiger partial charge in [0.1, 0.15) is 0 Å². The molecule has 1 unspecified atom stereocenters. The Bertz CT molecular complexity index is 450. The van der Waals surface area contributed by atoms with Gasteiger partial charge in [-0.2, -0.15) is 0 Å². The Morgan fingerprint density at radius 1 is 1.13 bits per heavy atom. The van der Waals surface area contributed by atoms with Gasteiger partial charge in [-0.1, -0.05) is 23.7 Å². The maximum atomic E-state index is 6.27. The van der Waals surface area contributed by atoms with Crippen LogP contribution in [-0.2, 0) is 0 Å². The van der Waals surface area contributed by atoms with Crippen LogP contribution in [0.4, 0.5) is 0 Å². The average molecular weight is 306 g/mol. The van der Waals surface area contributed by atoms with Crippen LogP contribution in [0.15, 0.2) is 45.7 Å². The van der Waals surface area contributed by atoms with Crippen LogP contribution in [0, 0.1) is 0 Å². The van der Waals surface area contributed by atoms with E-state index in [1.54, 1.807) is 6.26 Å². The first-order valence-corrected chi connectivity index (χ1v) is 5.91. The van der Waals surface area contributed by atoms with Crippen molar-refractivity contribution in [1.29, 1.82) is 0 Å². The van der Waals surface area contributed by atoms with E-state index in [9.17, 15) is 0 Å². The third-order valence-electron chi connectivity index (χ3n) is 2.04. The summed E-state index contributed by atoms with van der Waals surface area (Å²) in [4.78, 5) is 0. The number of rotatable bonds is 2. The van der Waals surface area contributed by atoms with Gasteiger partial charge in [-0.05, 0) is 39.7 Å². The molecule has 0 saturated heterocycles. The Morgan fingerprint density at radius 3 is 2.33 bits per heavy atom. The van der Waals surface area contributed by atoms with Crippen LogP contribution >= 0.6 is 39.1 Å². The Hall–Kier alpha value is -0.440. The molecule has 2 aromatic rings. The molecule has 2 rings (SSSR count). The first kappa shape index (κ1) is 11.1. The number of hydrogen-bond acceptors (Lipinski definition) is 1. The highest BCUT2D eigenvalue weighted by molar-refractivity contribution is 9.10. The Morgan fingerprint density at radius 2 is 1.80 bits per heavy atom. The molecule has 0 saturated carbocycles. The molecule has 0 radical (unpaired) electrons. The molecule has 4 heteroatoms. The Kier molecular flexibility index (Phi) is 3.39. The summed E-state index contributed by atoms with van der Waals surface area (Å²) in [5.74, 6) is 0. The standard InChI is InChI=1S/C11H7BrCl2O/c12-10-5-8(6-15-10)11(14)7-1-3-9(13)4-2-7/h1-6,11H. The van der Waals surface area contributed by atoms with Crippen LogP contribution in [-0.4, -0.2) is 0 Å². The van der Waals surface area contributed by atoms with Crippen LogP contribution in [0.25, 0.3) is 0 Å². The number of furan rings is 1. The molecule has 78 valence electrons. The molecule has 1 heterocycles. The largest absolute Gasteiger partial charge is 0.457 e. The lowest BCUT2D eigenvalue weighted by atomic mass is 10.1. The van der Waals surface area contributed by atoms with Crippen molar-refractivity contribution in [1.82, 2.24) is 0 Å². The number of halogens is 3. The van der Waals surface area contributed by atoms with E-state index >= 15 is 0 Å². The second kappa shape index (κ2) is 4.60. The second-order valence-corrected chi connectivity index (χ2v) is 4.75. The zero-order valence-electron chi connectivity index (χ0n) is 7.58. The Labute approximate surface area is 106 Å². The monoisotopic (exact) mass is 304 g/mol. The molecule has 0 aliphatic rings. The van der Waals surface area contributed by atoms with Crippen molar-refractivity contribution in [3.8, 4) is 0 Å². The second-order valence-electron chi connectivity index (χ2n) is 3.10. The molecular weight excluding hydrogens is 299 g/mol. The van der Waals surface area contributed by atoms with Gasteiger partial charge < -0.3 is 4.42 Å². The number of alkyl halides is 1. The predicted molar refractivity (Wildman–Crippen MR) is 65.6 cm³/mol. The smallest absolute Gasteiger partial charge is 0.169 e. The molecule has 1 aromatic heterocycles. The van der Waals surface area contributed by atoms with Crippen molar-refractivity contribution >= 4 is 39.1 Å². The first-order valence-electron chi connectivity index (χ1n) is 4.30. The van der Waals surface area contributed by atoms with Crippen molar-refractivity contribution in [2.45, 2.75) is 5.38 Å². The van der Waals surface area contributed by atoms with Gasteiger partial charge in [0, 0.05) is 10.6 Å².